The van der Waals surface area contributed by atoms with Gasteiger partial charge in [-0.1, -0.05) is 11.8 Å². The van der Waals surface area contributed by atoms with Gasteiger partial charge in [-0.2, -0.15) is 0 Å². The Morgan fingerprint density at radius 3 is 1.47 bits per heavy atom. The van der Waals surface area contributed by atoms with Gasteiger partial charge in [-0.05, 0) is 56.1 Å². The smallest absolute Gasteiger partial charge is 0.152 e. The number of rotatable bonds is 2. The lowest BCUT2D eigenvalue weighted by Gasteiger charge is -2.09. The van der Waals surface area contributed by atoms with Crippen LogP contribution in [0.25, 0.3) is 0 Å². The highest BCUT2D eigenvalue weighted by molar-refractivity contribution is 9.11. The lowest BCUT2D eigenvalue weighted by molar-refractivity contribution is 0.474. The van der Waals surface area contributed by atoms with E-state index in [1.54, 1.807) is 24.3 Å². The molecule has 0 aliphatic carbocycles. The van der Waals surface area contributed by atoms with Crippen molar-refractivity contribution in [3.63, 3.8) is 0 Å². The summed E-state index contributed by atoms with van der Waals surface area (Å²) >= 11 is 7.89. The van der Waals surface area contributed by atoms with Crippen molar-refractivity contribution in [1.29, 1.82) is 0 Å². The summed E-state index contributed by atoms with van der Waals surface area (Å²) in [4.78, 5) is 1.69. The zero-order valence-corrected chi connectivity index (χ0v) is 13.5. The first-order valence-electron chi connectivity index (χ1n) is 5.12. The predicted octanol–water partition coefficient (Wildman–Crippen LogP) is 3.94. The van der Waals surface area contributed by atoms with Gasteiger partial charge in [-0.3, -0.25) is 0 Å². The van der Waals surface area contributed by atoms with Crippen LogP contribution in [0.3, 0.4) is 0 Å². The van der Waals surface area contributed by atoms with E-state index in [0.29, 0.717) is 20.3 Å². The molecule has 4 nitrogen and oxygen atoms in total. The van der Waals surface area contributed by atoms with E-state index in [1.807, 2.05) is 0 Å². The summed E-state index contributed by atoms with van der Waals surface area (Å²) in [6, 6.07) is 6.85. The van der Waals surface area contributed by atoms with Crippen molar-refractivity contribution >= 4 is 55.0 Å². The van der Waals surface area contributed by atoms with Crippen LogP contribution in [0.15, 0.2) is 43.0 Å². The van der Waals surface area contributed by atoms with E-state index in [4.69, 9.17) is 11.5 Å². The average molecular weight is 406 g/mol. The van der Waals surface area contributed by atoms with E-state index in [0.717, 1.165) is 9.79 Å². The van der Waals surface area contributed by atoms with E-state index in [1.165, 1.54) is 11.8 Å². The SMILES string of the molecule is Nc1cc(Sc2cc(N)c(O)c(Br)c2)cc(Br)c1O. The largest absolute Gasteiger partial charge is 0.505 e. The Balaban J connectivity index is 2.36. The molecule has 2 aromatic carbocycles. The second kappa shape index (κ2) is 5.52. The molecule has 0 aliphatic heterocycles. The molecule has 0 atom stereocenters. The fraction of sp³-hybridized carbons (Fsp3) is 0. The number of phenolic OH excluding ortho intramolecular Hbond substituents is 2. The van der Waals surface area contributed by atoms with Crippen LogP contribution in [0, 0.1) is 0 Å². The lowest BCUT2D eigenvalue weighted by atomic mass is 10.3. The van der Waals surface area contributed by atoms with Crippen molar-refractivity contribution in [1.82, 2.24) is 0 Å². The minimum Gasteiger partial charge on any atom is -0.505 e. The molecule has 2 rings (SSSR count). The number of aromatic hydroxyl groups is 2. The quantitative estimate of drug-likeness (QED) is 0.448. The van der Waals surface area contributed by atoms with Gasteiger partial charge in [0.2, 0.25) is 0 Å². The van der Waals surface area contributed by atoms with Crippen LogP contribution in [-0.2, 0) is 0 Å². The van der Waals surface area contributed by atoms with Crippen molar-refractivity contribution in [3.8, 4) is 11.5 Å². The topological polar surface area (TPSA) is 92.5 Å². The molecule has 19 heavy (non-hydrogen) atoms. The molecular formula is C12H10Br2N2O2S. The van der Waals surface area contributed by atoms with Gasteiger partial charge < -0.3 is 21.7 Å². The molecule has 0 unspecified atom stereocenters. The zero-order valence-electron chi connectivity index (χ0n) is 9.52. The Hall–Kier alpha value is -1.05. The highest BCUT2D eigenvalue weighted by atomic mass is 79.9. The number of hydrogen-bond donors (Lipinski definition) is 4. The third-order valence-corrected chi connectivity index (χ3v) is 4.52. The van der Waals surface area contributed by atoms with Crippen molar-refractivity contribution in [2.24, 2.45) is 0 Å². The fourth-order valence-electron chi connectivity index (χ4n) is 1.44. The average Bonchev–Trinajstić information content (AvgIpc) is 2.33. The number of hydrogen-bond acceptors (Lipinski definition) is 5. The maximum atomic E-state index is 9.58. The number of halogens is 2. The molecule has 0 amide bonds. The van der Waals surface area contributed by atoms with Crippen molar-refractivity contribution in [2.75, 3.05) is 11.5 Å². The summed E-state index contributed by atoms with van der Waals surface area (Å²) in [5.41, 5.74) is 12.0. The van der Waals surface area contributed by atoms with E-state index in [-0.39, 0.29) is 11.5 Å². The molecule has 0 saturated heterocycles. The minimum absolute atomic E-state index is 0.0238. The van der Waals surface area contributed by atoms with Crippen LogP contribution >= 0.6 is 43.6 Å². The predicted molar refractivity (Wildman–Crippen MR) is 84.6 cm³/mol. The molecule has 0 bridgehead atoms. The Kier molecular flexibility index (Phi) is 4.17. The first-order valence-corrected chi connectivity index (χ1v) is 7.52. The summed E-state index contributed by atoms with van der Waals surface area (Å²) in [6.07, 6.45) is 0. The van der Waals surface area contributed by atoms with Gasteiger partial charge in [0.15, 0.2) is 11.5 Å². The molecule has 2 aromatic rings. The van der Waals surface area contributed by atoms with E-state index < -0.39 is 0 Å². The van der Waals surface area contributed by atoms with Crippen LogP contribution in [0.4, 0.5) is 11.4 Å². The van der Waals surface area contributed by atoms with Crippen LogP contribution in [0.5, 0.6) is 11.5 Å². The van der Waals surface area contributed by atoms with E-state index in [9.17, 15) is 10.2 Å². The minimum atomic E-state index is 0.0238. The Labute approximate surface area is 131 Å². The van der Waals surface area contributed by atoms with Crippen LogP contribution < -0.4 is 11.5 Å². The van der Waals surface area contributed by atoms with Gasteiger partial charge in [-0.25, -0.2) is 0 Å². The molecule has 6 N–H and O–H groups in total. The number of phenols is 2. The van der Waals surface area contributed by atoms with Crippen molar-refractivity contribution in [3.05, 3.63) is 33.2 Å². The van der Waals surface area contributed by atoms with E-state index >= 15 is 0 Å². The third kappa shape index (κ3) is 3.10. The zero-order chi connectivity index (χ0) is 14.2. The molecular weight excluding hydrogens is 396 g/mol. The van der Waals surface area contributed by atoms with Gasteiger partial charge in [0.25, 0.3) is 0 Å². The molecule has 0 radical (unpaired) electrons. The summed E-state index contributed by atoms with van der Waals surface area (Å²) < 4.78 is 1.06. The van der Waals surface area contributed by atoms with Gasteiger partial charge in [0.05, 0.1) is 20.3 Å². The normalized spacial score (nSPS) is 10.6. The molecule has 7 heteroatoms. The Morgan fingerprint density at radius 2 is 1.16 bits per heavy atom. The summed E-state index contributed by atoms with van der Waals surface area (Å²) in [5, 5.41) is 19.2. The Morgan fingerprint density at radius 1 is 0.789 bits per heavy atom. The number of nitrogen functional groups attached to an aromatic ring is 2. The fourth-order valence-corrected chi connectivity index (χ4v) is 3.69. The lowest BCUT2D eigenvalue weighted by Crippen LogP contribution is -1.89. The van der Waals surface area contributed by atoms with Gasteiger partial charge in [0, 0.05) is 9.79 Å². The van der Waals surface area contributed by atoms with Crippen molar-refractivity contribution in [2.45, 2.75) is 9.79 Å². The summed E-state index contributed by atoms with van der Waals surface area (Å²) in [5.74, 6) is 0.0477. The molecule has 100 valence electrons. The summed E-state index contributed by atoms with van der Waals surface area (Å²) in [7, 11) is 0. The van der Waals surface area contributed by atoms with Gasteiger partial charge in [0.1, 0.15) is 0 Å². The van der Waals surface area contributed by atoms with Crippen molar-refractivity contribution < 1.29 is 10.2 Å². The van der Waals surface area contributed by atoms with Crippen LogP contribution in [-0.4, -0.2) is 10.2 Å². The number of anilines is 2. The Bertz CT molecular complexity index is 548. The van der Waals surface area contributed by atoms with Gasteiger partial charge >= 0.3 is 0 Å². The highest BCUT2D eigenvalue weighted by Crippen LogP contribution is 2.41. The maximum absolute atomic E-state index is 9.58. The van der Waals surface area contributed by atoms with E-state index in [2.05, 4.69) is 31.9 Å². The first-order chi connectivity index (χ1) is 8.88. The monoisotopic (exact) mass is 404 g/mol. The molecule has 0 aromatic heterocycles. The maximum Gasteiger partial charge on any atom is 0.152 e. The van der Waals surface area contributed by atoms with Crippen LogP contribution in [0.1, 0.15) is 0 Å². The molecule has 0 aliphatic rings. The number of benzene rings is 2. The third-order valence-electron chi connectivity index (χ3n) is 2.37. The van der Waals surface area contributed by atoms with Gasteiger partial charge in [-0.15, -0.1) is 0 Å². The second-order valence-corrected chi connectivity index (χ2v) is 6.64. The van der Waals surface area contributed by atoms with Crippen LogP contribution in [0.2, 0.25) is 0 Å². The highest BCUT2D eigenvalue weighted by Gasteiger charge is 2.09. The molecule has 0 spiro atoms. The first kappa shape index (κ1) is 14.4. The molecule has 0 saturated carbocycles. The second-order valence-electron chi connectivity index (χ2n) is 3.79. The summed E-state index contributed by atoms with van der Waals surface area (Å²) in [6.45, 7) is 0. The molecule has 0 heterocycles. The number of nitrogens with two attached hydrogens (primary N) is 2. The molecule has 0 fully saturated rings. The standard InChI is InChI=1S/C12H10Br2N2O2S/c13-7-1-5(3-9(15)11(7)17)19-6-2-8(14)12(18)10(16)4-6/h1-4,17-18H,15-16H2.